The second-order valence-corrected chi connectivity index (χ2v) is 4.62. The standard InChI is InChI=1S/C11H12N2OS/c12-8-9-3-5-13(6-4-9)11(14)10-2-1-7-15-10/h1-2,7,9H,3-6H2. The number of rotatable bonds is 1. The highest BCUT2D eigenvalue weighted by molar-refractivity contribution is 7.12. The van der Waals surface area contributed by atoms with E-state index < -0.39 is 0 Å². The molecule has 1 aromatic heterocycles. The van der Waals surface area contributed by atoms with Crippen LogP contribution in [-0.2, 0) is 0 Å². The zero-order valence-electron chi connectivity index (χ0n) is 8.35. The number of piperidine rings is 1. The van der Waals surface area contributed by atoms with Crippen molar-refractivity contribution in [2.75, 3.05) is 13.1 Å². The third kappa shape index (κ3) is 2.18. The first-order valence-corrected chi connectivity index (χ1v) is 5.91. The van der Waals surface area contributed by atoms with E-state index in [1.165, 1.54) is 11.3 Å². The molecule has 78 valence electrons. The van der Waals surface area contributed by atoms with Crippen LogP contribution in [0.25, 0.3) is 0 Å². The molecule has 0 aromatic carbocycles. The van der Waals surface area contributed by atoms with E-state index in [1.807, 2.05) is 22.4 Å². The maximum absolute atomic E-state index is 11.9. The molecule has 0 atom stereocenters. The molecule has 0 radical (unpaired) electrons. The van der Waals surface area contributed by atoms with Gasteiger partial charge < -0.3 is 4.90 Å². The second-order valence-electron chi connectivity index (χ2n) is 3.67. The molecule has 1 aliphatic heterocycles. The van der Waals surface area contributed by atoms with Gasteiger partial charge in [-0.3, -0.25) is 4.79 Å². The molecule has 2 rings (SSSR count). The molecule has 3 nitrogen and oxygen atoms in total. The monoisotopic (exact) mass is 220 g/mol. The molecular formula is C11H12N2OS. The Morgan fingerprint density at radius 3 is 2.80 bits per heavy atom. The van der Waals surface area contributed by atoms with E-state index in [9.17, 15) is 4.79 Å². The highest BCUT2D eigenvalue weighted by atomic mass is 32.1. The van der Waals surface area contributed by atoms with E-state index in [-0.39, 0.29) is 11.8 Å². The molecule has 1 aliphatic rings. The van der Waals surface area contributed by atoms with Gasteiger partial charge in [0.25, 0.3) is 5.91 Å². The van der Waals surface area contributed by atoms with Crippen molar-refractivity contribution in [1.29, 1.82) is 5.26 Å². The number of nitriles is 1. The first-order valence-electron chi connectivity index (χ1n) is 5.03. The van der Waals surface area contributed by atoms with Crippen LogP contribution in [0.15, 0.2) is 17.5 Å². The van der Waals surface area contributed by atoms with Crippen LogP contribution in [0.3, 0.4) is 0 Å². The van der Waals surface area contributed by atoms with Gasteiger partial charge in [-0.25, -0.2) is 0 Å². The van der Waals surface area contributed by atoms with Gasteiger partial charge in [0.1, 0.15) is 0 Å². The van der Waals surface area contributed by atoms with Crippen molar-refractivity contribution >= 4 is 17.2 Å². The molecule has 0 bridgehead atoms. The first-order chi connectivity index (χ1) is 7.31. The van der Waals surface area contributed by atoms with Crippen LogP contribution in [0.2, 0.25) is 0 Å². The minimum atomic E-state index is 0.112. The lowest BCUT2D eigenvalue weighted by Gasteiger charge is -2.28. The number of carbonyl (C=O) groups is 1. The molecule has 0 unspecified atom stereocenters. The van der Waals surface area contributed by atoms with Gasteiger partial charge in [0.15, 0.2) is 0 Å². The molecular weight excluding hydrogens is 208 g/mol. The lowest BCUT2D eigenvalue weighted by molar-refractivity contribution is 0.0712. The normalized spacial score (nSPS) is 17.4. The lowest BCUT2D eigenvalue weighted by atomic mass is 9.98. The van der Waals surface area contributed by atoms with E-state index >= 15 is 0 Å². The average Bonchev–Trinajstić information content (AvgIpc) is 2.82. The van der Waals surface area contributed by atoms with Crippen molar-refractivity contribution in [3.8, 4) is 6.07 Å². The highest BCUT2D eigenvalue weighted by Gasteiger charge is 2.23. The summed E-state index contributed by atoms with van der Waals surface area (Å²) < 4.78 is 0. The molecule has 2 heterocycles. The first kappa shape index (κ1) is 10.2. The topological polar surface area (TPSA) is 44.1 Å². The molecule has 15 heavy (non-hydrogen) atoms. The molecule has 0 N–H and O–H groups in total. The third-order valence-corrected chi connectivity index (χ3v) is 3.55. The van der Waals surface area contributed by atoms with E-state index in [1.54, 1.807) is 0 Å². The Kier molecular flexibility index (Phi) is 3.02. The number of carbonyl (C=O) groups excluding carboxylic acids is 1. The van der Waals surface area contributed by atoms with Crippen molar-refractivity contribution in [3.05, 3.63) is 22.4 Å². The quantitative estimate of drug-likeness (QED) is 0.727. The van der Waals surface area contributed by atoms with Crippen LogP contribution in [0.1, 0.15) is 22.5 Å². The summed E-state index contributed by atoms with van der Waals surface area (Å²) in [5, 5.41) is 10.7. The minimum Gasteiger partial charge on any atom is -0.338 e. The molecule has 1 aromatic rings. The Labute approximate surface area is 92.9 Å². The van der Waals surface area contributed by atoms with E-state index in [0.717, 1.165) is 30.8 Å². The van der Waals surface area contributed by atoms with Crippen molar-refractivity contribution in [2.24, 2.45) is 5.92 Å². The predicted molar refractivity (Wildman–Crippen MR) is 58.6 cm³/mol. The van der Waals surface area contributed by atoms with Gasteiger partial charge in [-0.05, 0) is 24.3 Å². The zero-order chi connectivity index (χ0) is 10.7. The summed E-state index contributed by atoms with van der Waals surface area (Å²) in [6.07, 6.45) is 1.63. The molecule has 4 heteroatoms. The van der Waals surface area contributed by atoms with Crippen LogP contribution in [0.4, 0.5) is 0 Å². The summed E-state index contributed by atoms with van der Waals surface area (Å²) in [4.78, 5) is 14.6. The number of nitrogens with zero attached hydrogens (tertiary/aromatic N) is 2. The summed E-state index contributed by atoms with van der Waals surface area (Å²) in [7, 11) is 0. The molecule has 0 spiro atoms. The number of hydrogen-bond acceptors (Lipinski definition) is 3. The van der Waals surface area contributed by atoms with Gasteiger partial charge in [0.05, 0.1) is 10.9 Å². The van der Waals surface area contributed by atoms with Crippen LogP contribution in [0.5, 0.6) is 0 Å². The summed E-state index contributed by atoms with van der Waals surface area (Å²) in [5.41, 5.74) is 0. The molecule has 0 saturated carbocycles. The van der Waals surface area contributed by atoms with Gasteiger partial charge in [-0.15, -0.1) is 11.3 Å². The van der Waals surface area contributed by atoms with Crippen molar-refractivity contribution < 1.29 is 4.79 Å². The van der Waals surface area contributed by atoms with Crippen LogP contribution < -0.4 is 0 Å². The highest BCUT2D eigenvalue weighted by Crippen LogP contribution is 2.19. The number of amides is 1. The largest absolute Gasteiger partial charge is 0.338 e. The maximum atomic E-state index is 11.9. The number of thiophene rings is 1. The summed E-state index contributed by atoms with van der Waals surface area (Å²) in [5.74, 6) is 0.249. The van der Waals surface area contributed by atoms with Crippen LogP contribution in [0, 0.1) is 17.2 Å². The summed E-state index contributed by atoms with van der Waals surface area (Å²) in [6.45, 7) is 1.43. The Morgan fingerprint density at radius 2 is 2.27 bits per heavy atom. The van der Waals surface area contributed by atoms with E-state index in [0.29, 0.717) is 0 Å². The lowest BCUT2D eigenvalue weighted by Crippen LogP contribution is -2.37. The summed E-state index contributed by atoms with van der Waals surface area (Å²) >= 11 is 1.48. The fourth-order valence-electron chi connectivity index (χ4n) is 1.77. The van der Waals surface area contributed by atoms with Crippen molar-refractivity contribution in [2.45, 2.75) is 12.8 Å². The zero-order valence-corrected chi connectivity index (χ0v) is 9.17. The summed E-state index contributed by atoms with van der Waals surface area (Å²) in [6, 6.07) is 6.00. The molecule has 1 fully saturated rings. The average molecular weight is 220 g/mol. The van der Waals surface area contributed by atoms with Gasteiger partial charge in [-0.2, -0.15) is 5.26 Å². The van der Waals surface area contributed by atoms with E-state index in [2.05, 4.69) is 6.07 Å². The predicted octanol–water partition coefficient (Wildman–Crippen LogP) is 2.12. The Bertz CT molecular complexity index is 372. The SMILES string of the molecule is N#CC1CCN(C(=O)c2cccs2)CC1. The second kappa shape index (κ2) is 4.45. The molecule has 0 aliphatic carbocycles. The molecule has 1 amide bonds. The Morgan fingerprint density at radius 1 is 1.53 bits per heavy atom. The van der Waals surface area contributed by atoms with Gasteiger partial charge in [-0.1, -0.05) is 6.07 Å². The fourth-order valence-corrected chi connectivity index (χ4v) is 2.46. The number of likely N-dealkylation sites (tertiary alicyclic amines) is 1. The van der Waals surface area contributed by atoms with E-state index in [4.69, 9.17) is 5.26 Å². The third-order valence-electron chi connectivity index (χ3n) is 2.70. The van der Waals surface area contributed by atoms with Crippen molar-refractivity contribution in [3.63, 3.8) is 0 Å². The van der Waals surface area contributed by atoms with Gasteiger partial charge in [0.2, 0.25) is 0 Å². The minimum absolute atomic E-state index is 0.112. The number of hydrogen-bond donors (Lipinski definition) is 0. The van der Waals surface area contributed by atoms with Crippen LogP contribution in [-0.4, -0.2) is 23.9 Å². The Hall–Kier alpha value is -1.34. The smallest absolute Gasteiger partial charge is 0.263 e. The maximum Gasteiger partial charge on any atom is 0.263 e. The van der Waals surface area contributed by atoms with Gasteiger partial charge >= 0.3 is 0 Å². The van der Waals surface area contributed by atoms with Crippen molar-refractivity contribution in [1.82, 2.24) is 4.90 Å². The fraction of sp³-hybridized carbons (Fsp3) is 0.455. The van der Waals surface area contributed by atoms with Gasteiger partial charge in [0, 0.05) is 19.0 Å². The van der Waals surface area contributed by atoms with Crippen LogP contribution >= 0.6 is 11.3 Å². The Balaban J connectivity index is 1.97. The molecule has 1 saturated heterocycles.